The second-order valence-corrected chi connectivity index (χ2v) is 7.40. The number of phenolic OH excluding ortho intramolecular Hbond substituents is 2. The number of phenols is 2. The van der Waals surface area contributed by atoms with E-state index in [0.717, 1.165) is 24.3 Å². The maximum Gasteiger partial charge on any atom is 0.573 e. The van der Waals surface area contributed by atoms with E-state index in [1.54, 1.807) is 0 Å². The summed E-state index contributed by atoms with van der Waals surface area (Å²) in [6.07, 6.45) is -5.19. The molecular formula is C17H16F3NO6S. The van der Waals surface area contributed by atoms with Gasteiger partial charge in [0, 0.05) is 13.0 Å². The first-order valence-corrected chi connectivity index (χ1v) is 9.35. The van der Waals surface area contributed by atoms with Crippen LogP contribution in [-0.4, -0.2) is 30.8 Å². The minimum absolute atomic E-state index is 0.155. The number of benzene rings is 2. The van der Waals surface area contributed by atoms with Gasteiger partial charge in [-0.3, -0.25) is 4.79 Å². The van der Waals surface area contributed by atoms with E-state index in [9.17, 15) is 36.6 Å². The van der Waals surface area contributed by atoms with Gasteiger partial charge in [-0.2, -0.15) is 0 Å². The summed E-state index contributed by atoms with van der Waals surface area (Å²) in [7, 11) is -4.19. The molecule has 0 spiro atoms. The van der Waals surface area contributed by atoms with Crippen LogP contribution in [0.1, 0.15) is 29.3 Å². The average Bonchev–Trinajstić information content (AvgIpc) is 2.61. The third kappa shape index (κ3) is 5.36. The molecule has 7 nitrogen and oxygen atoms in total. The van der Waals surface area contributed by atoms with E-state index in [4.69, 9.17) is 0 Å². The summed E-state index contributed by atoms with van der Waals surface area (Å²) in [6, 6.07) is 6.12. The zero-order valence-electron chi connectivity index (χ0n) is 14.4. The number of halogens is 3. The van der Waals surface area contributed by atoms with Crippen LogP contribution in [0.3, 0.4) is 0 Å². The molecule has 152 valence electrons. The highest BCUT2D eigenvalue weighted by Crippen LogP contribution is 2.30. The van der Waals surface area contributed by atoms with E-state index >= 15 is 0 Å². The minimum Gasteiger partial charge on any atom is -0.504 e. The van der Waals surface area contributed by atoms with Gasteiger partial charge < -0.3 is 14.9 Å². The largest absolute Gasteiger partial charge is 0.573 e. The number of nitrogens with one attached hydrogen (secondary N) is 1. The van der Waals surface area contributed by atoms with Crippen molar-refractivity contribution in [2.24, 2.45) is 0 Å². The summed E-state index contributed by atoms with van der Waals surface area (Å²) in [4.78, 5) is 11.5. The third-order valence-corrected chi connectivity index (χ3v) is 5.01. The fraction of sp³-hybridized carbons (Fsp3) is 0.235. The minimum atomic E-state index is -5.04. The number of carbonyl (C=O) groups is 1. The highest BCUT2D eigenvalue weighted by atomic mass is 32.2. The van der Waals surface area contributed by atoms with E-state index in [1.807, 2.05) is 0 Å². The summed E-state index contributed by atoms with van der Waals surface area (Å²) in [5, 5.41) is 18.7. The SMILES string of the molecule is CCC(=O)c1cc(S(=O)(=O)NCc2ccc(O)c(O)c2)ccc1OC(F)(F)F. The molecule has 0 aliphatic carbocycles. The lowest BCUT2D eigenvalue weighted by Gasteiger charge is -2.14. The van der Waals surface area contributed by atoms with Gasteiger partial charge >= 0.3 is 6.36 Å². The molecule has 0 unspecified atom stereocenters. The van der Waals surface area contributed by atoms with Crippen LogP contribution in [0.15, 0.2) is 41.3 Å². The Labute approximate surface area is 158 Å². The molecule has 2 aromatic rings. The van der Waals surface area contributed by atoms with Crippen molar-refractivity contribution in [2.75, 3.05) is 0 Å². The summed E-state index contributed by atoms with van der Waals surface area (Å²) in [6.45, 7) is 1.14. The molecule has 2 rings (SSSR count). The Kier molecular flexibility index (Phi) is 6.20. The van der Waals surface area contributed by atoms with Crippen LogP contribution in [0.25, 0.3) is 0 Å². The molecule has 0 saturated heterocycles. The number of aromatic hydroxyl groups is 2. The highest BCUT2D eigenvalue weighted by Gasteiger charge is 2.33. The normalized spacial score (nSPS) is 12.0. The van der Waals surface area contributed by atoms with E-state index < -0.39 is 44.1 Å². The lowest BCUT2D eigenvalue weighted by atomic mass is 10.1. The topological polar surface area (TPSA) is 113 Å². The summed E-state index contributed by atoms with van der Waals surface area (Å²) >= 11 is 0. The van der Waals surface area contributed by atoms with Crippen LogP contribution < -0.4 is 9.46 Å². The molecule has 0 amide bonds. The predicted octanol–water partition coefficient (Wildman–Crippen LogP) is 3.07. The van der Waals surface area contributed by atoms with Gasteiger partial charge in [-0.15, -0.1) is 13.2 Å². The second kappa shape index (κ2) is 8.07. The molecule has 11 heteroatoms. The van der Waals surface area contributed by atoms with Crippen LogP contribution in [0.5, 0.6) is 17.2 Å². The van der Waals surface area contributed by atoms with Gasteiger partial charge in [-0.25, -0.2) is 13.1 Å². The van der Waals surface area contributed by atoms with Crippen LogP contribution >= 0.6 is 0 Å². The van der Waals surface area contributed by atoms with Crippen molar-refractivity contribution >= 4 is 15.8 Å². The van der Waals surface area contributed by atoms with Crippen LogP contribution in [0.2, 0.25) is 0 Å². The van der Waals surface area contributed by atoms with Crippen molar-refractivity contribution in [1.82, 2.24) is 4.72 Å². The molecular weight excluding hydrogens is 403 g/mol. The quantitative estimate of drug-likeness (QED) is 0.470. The predicted molar refractivity (Wildman–Crippen MR) is 91.5 cm³/mol. The fourth-order valence-electron chi connectivity index (χ4n) is 2.24. The number of sulfonamides is 1. The number of ketones is 1. The Balaban J connectivity index is 2.31. The Bertz CT molecular complexity index is 989. The van der Waals surface area contributed by atoms with Gasteiger partial charge in [0.25, 0.3) is 0 Å². The van der Waals surface area contributed by atoms with Crippen molar-refractivity contribution in [3.63, 3.8) is 0 Å². The fourth-order valence-corrected chi connectivity index (χ4v) is 3.28. The standard InChI is InChI=1S/C17H16F3NO6S/c1-2-13(22)12-8-11(4-6-16(12)27-17(18,19)20)28(25,26)21-9-10-3-5-14(23)15(24)7-10/h3-8,21,23-24H,2,9H2,1H3. The molecule has 0 aliphatic heterocycles. The first-order chi connectivity index (χ1) is 12.9. The van der Waals surface area contributed by atoms with E-state index in [-0.39, 0.29) is 18.7 Å². The Morgan fingerprint density at radius 2 is 1.79 bits per heavy atom. The maximum absolute atomic E-state index is 12.5. The van der Waals surface area contributed by atoms with Gasteiger partial charge in [-0.1, -0.05) is 13.0 Å². The number of rotatable bonds is 7. The molecule has 28 heavy (non-hydrogen) atoms. The maximum atomic E-state index is 12.5. The Hall–Kier alpha value is -2.79. The Morgan fingerprint density at radius 3 is 2.36 bits per heavy atom. The molecule has 0 atom stereocenters. The molecule has 2 aromatic carbocycles. The van der Waals surface area contributed by atoms with Crippen LogP contribution in [0.4, 0.5) is 13.2 Å². The van der Waals surface area contributed by atoms with Crippen molar-refractivity contribution < 1.29 is 41.3 Å². The monoisotopic (exact) mass is 419 g/mol. The first kappa shape index (κ1) is 21.5. The number of carbonyl (C=O) groups excluding carboxylic acids is 1. The van der Waals surface area contributed by atoms with Gasteiger partial charge in [0.15, 0.2) is 17.3 Å². The zero-order valence-corrected chi connectivity index (χ0v) is 15.3. The van der Waals surface area contributed by atoms with Crippen molar-refractivity contribution in [3.05, 3.63) is 47.5 Å². The van der Waals surface area contributed by atoms with Crippen molar-refractivity contribution in [3.8, 4) is 17.2 Å². The van der Waals surface area contributed by atoms with Gasteiger partial charge in [0.1, 0.15) is 5.75 Å². The van der Waals surface area contributed by atoms with Gasteiger partial charge in [-0.05, 0) is 35.9 Å². The number of hydrogen-bond donors (Lipinski definition) is 3. The van der Waals surface area contributed by atoms with Crippen molar-refractivity contribution in [1.29, 1.82) is 0 Å². The van der Waals surface area contributed by atoms with Crippen LogP contribution in [-0.2, 0) is 16.6 Å². The molecule has 0 aromatic heterocycles. The highest BCUT2D eigenvalue weighted by molar-refractivity contribution is 7.89. The van der Waals surface area contributed by atoms with E-state index in [2.05, 4.69) is 9.46 Å². The molecule has 0 saturated carbocycles. The third-order valence-electron chi connectivity index (χ3n) is 3.61. The lowest BCUT2D eigenvalue weighted by Crippen LogP contribution is -2.24. The zero-order chi connectivity index (χ0) is 21.1. The number of hydrogen-bond acceptors (Lipinski definition) is 6. The van der Waals surface area contributed by atoms with E-state index in [0.29, 0.717) is 5.56 Å². The first-order valence-electron chi connectivity index (χ1n) is 7.86. The summed E-state index contributed by atoms with van der Waals surface area (Å²) in [5.74, 6) is -2.34. The molecule has 0 aliphatic rings. The Morgan fingerprint density at radius 1 is 1.11 bits per heavy atom. The van der Waals surface area contributed by atoms with Crippen LogP contribution in [0, 0.1) is 0 Å². The summed E-state index contributed by atoms with van der Waals surface area (Å²) < 4.78 is 68.3. The van der Waals surface area contributed by atoms with E-state index in [1.165, 1.54) is 19.1 Å². The van der Waals surface area contributed by atoms with Gasteiger partial charge in [0.2, 0.25) is 10.0 Å². The average molecular weight is 419 g/mol. The number of alkyl halides is 3. The second-order valence-electron chi connectivity index (χ2n) is 5.63. The summed E-state index contributed by atoms with van der Waals surface area (Å²) in [5.41, 5.74) is -0.189. The number of Topliss-reactive ketones (excluding diaryl/α,β-unsaturated/α-hetero) is 1. The molecule has 0 bridgehead atoms. The lowest BCUT2D eigenvalue weighted by molar-refractivity contribution is -0.274. The van der Waals surface area contributed by atoms with Gasteiger partial charge in [0.05, 0.1) is 10.5 Å². The molecule has 0 heterocycles. The van der Waals surface area contributed by atoms with Crippen molar-refractivity contribution in [2.45, 2.75) is 31.1 Å². The number of ether oxygens (including phenoxy) is 1. The molecule has 0 radical (unpaired) electrons. The molecule has 0 fully saturated rings. The smallest absolute Gasteiger partial charge is 0.504 e. The molecule has 3 N–H and O–H groups in total.